The average molecular weight is 409 g/mol. The SMILES string of the molecule is CN(C)C1CS(=O)(=O)C2CN(C(=O)CCc3ccc(-c4cccs4)o3)CC12. The van der Waals surface area contributed by atoms with E-state index in [1.165, 1.54) is 0 Å². The zero-order valence-corrected chi connectivity index (χ0v) is 17.1. The highest BCUT2D eigenvalue weighted by molar-refractivity contribution is 7.92. The molecule has 8 heteroatoms. The monoisotopic (exact) mass is 408 g/mol. The van der Waals surface area contributed by atoms with Crippen LogP contribution in [0.3, 0.4) is 0 Å². The molecule has 1 amide bonds. The van der Waals surface area contributed by atoms with E-state index >= 15 is 0 Å². The summed E-state index contributed by atoms with van der Waals surface area (Å²) in [5.41, 5.74) is 0. The van der Waals surface area contributed by atoms with E-state index in [0.29, 0.717) is 25.9 Å². The standard InChI is InChI=1S/C19H24N2O4S2/c1-20(2)15-12-27(23,24)18-11-21(10-14(15)18)19(22)8-6-13-5-7-16(25-13)17-4-3-9-26-17/h3-5,7,9,14-15,18H,6,8,10-12H2,1-2H3. The molecule has 2 aliphatic rings. The van der Waals surface area contributed by atoms with Crippen molar-refractivity contribution in [3.05, 3.63) is 35.4 Å². The van der Waals surface area contributed by atoms with Crippen LogP contribution >= 0.6 is 11.3 Å². The van der Waals surface area contributed by atoms with Crippen LogP contribution in [-0.4, -0.2) is 68.4 Å². The first-order chi connectivity index (χ1) is 12.8. The first-order valence-corrected chi connectivity index (χ1v) is 11.7. The molecule has 0 radical (unpaired) electrons. The quantitative estimate of drug-likeness (QED) is 0.758. The Kier molecular flexibility index (Phi) is 4.90. The van der Waals surface area contributed by atoms with Crippen LogP contribution in [0.25, 0.3) is 10.6 Å². The molecule has 146 valence electrons. The molecule has 0 aromatic carbocycles. The summed E-state index contributed by atoms with van der Waals surface area (Å²) in [6.45, 7) is 0.860. The predicted molar refractivity (Wildman–Crippen MR) is 105 cm³/mol. The zero-order valence-electron chi connectivity index (χ0n) is 15.5. The molecule has 3 atom stereocenters. The summed E-state index contributed by atoms with van der Waals surface area (Å²) < 4.78 is 30.7. The van der Waals surface area contributed by atoms with Crippen molar-refractivity contribution in [3.8, 4) is 10.6 Å². The molecule has 0 saturated carbocycles. The summed E-state index contributed by atoms with van der Waals surface area (Å²) in [5, 5.41) is 1.59. The van der Waals surface area contributed by atoms with Crippen molar-refractivity contribution in [2.75, 3.05) is 32.9 Å². The van der Waals surface area contributed by atoms with E-state index in [1.54, 1.807) is 16.2 Å². The van der Waals surface area contributed by atoms with Crippen LogP contribution in [0, 0.1) is 5.92 Å². The van der Waals surface area contributed by atoms with E-state index in [9.17, 15) is 13.2 Å². The molecule has 3 unspecified atom stereocenters. The van der Waals surface area contributed by atoms with Gasteiger partial charge in [0.25, 0.3) is 0 Å². The number of nitrogens with zero attached hydrogens (tertiary/aromatic N) is 2. The predicted octanol–water partition coefficient (Wildman–Crippen LogP) is 2.13. The lowest BCUT2D eigenvalue weighted by Crippen LogP contribution is -2.38. The lowest BCUT2D eigenvalue weighted by molar-refractivity contribution is -0.130. The maximum absolute atomic E-state index is 12.7. The molecule has 2 saturated heterocycles. The van der Waals surface area contributed by atoms with Gasteiger partial charge in [-0.15, -0.1) is 11.3 Å². The van der Waals surface area contributed by atoms with Gasteiger partial charge in [0.1, 0.15) is 11.5 Å². The average Bonchev–Trinajstić information content (AvgIpc) is 3.38. The third-order valence-electron chi connectivity index (χ3n) is 5.69. The van der Waals surface area contributed by atoms with Crippen molar-refractivity contribution in [2.45, 2.75) is 24.1 Å². The van der Waals surface area contributed by atoms with E-state index in [1.807, 2.05) is 48.6 Å². The Morgan fingerprint density at radius 3 is 2.81 bits per heavy atom. The number of thiophene rings is 1. The van der Waals surface area contributed by atoms with Crippen LogP contribution in [0.5, 0.6) is 0 Å². The fraction of sp³-hybridized carbons (Fsp3) is 0.526. The summed E-state index contributed by atoms with van der Waals surface area (Å²) in [4.78, 5) is 17.4. The minimum Gasteiger partial charge on any atom is -0.460 e. The Morgan fingerprint density at radius 1 is 1.30 bits per heavy atom. The van der Waals surface area contributed by atoms with Crippen molar-refractivity contribution in [2.24, 2.45) is 5.92 Å². The molecule has 4 heterocycles. The first kappa shape index (κ1) is 18.7. The van der Waals surface area contributed by atoms with Gasteiger partial charge in [0.15, 0.2) is 9.84 Å². The van der Waals surface area contributed by atoms with Gasteiger partial charge in [-0.25, -0.2) is 8.42 Å². The Bertz CT molecular complexity index is 917. The van der Waals surface area contributed by atoms with E-state index in [2.05, 4.69) is 0 Å². The third kappa shape index (κ3) is 3.58. The lowest BCUT2D eigenvalue weighted by Gasteiger charge is -2.25. The lowest BCUT2D eigenvalue weighted by atomic mass is 10.00. The number of hydrogen-bond acceptors (Lipinski definition) is 6. The van der Waals surface area contributed by atoms with Gasteiger partial charge in [-0.2, -0.15) is 0 Å². The van der Waals surface area contributed by atoms with Crippen LogP contribution in [0.4, 0.5) is 0 Å². The number of sulfone groups is 1. The molecule has 0 bridgehead atoms. The van der Waals surface area contributed by atoms with E-state index in [-0.39, 0.29) is 23.6 Å². The summed E-state index contributed by atoms with van der Waals surface area (Å²) in [5.74, 6) is 1.83. The van der Waals surface area contributed by atoms with Gasteiger partial charge in [0, 0.05) is 37.9 Å². The fourth-order valence-corrected chi connectivity index (χ4v) is 7.38. The molecule has 0 spiro atoms. The molecule has 0 aliphatic carbocycles. The molecule has 2 fully saturated rings. The van der Waals surface area contributed by atoms with E-state index < -0.39 is 15.1 Å². The Hall–Kier alpha value is -1.64. The second-order valence-corrected chi connectivity index (χ2v) is 10.8. The van der Waals surface area contributed by atoms with E-state index in [0.717, 1.165) is 16.4 Å². The van der Waals surface area contributed by atoms with E-state index in [4.69, 9.17) is 4.42 Å². The highest BCUT2D eigenvalue weighted by Gasteiger charge is 2.53. The molecule has 2 aliphatic heterocycles. The molecule has 2 aromatic heterocycles. The molecule has 27 heavy (non-hydrogen) atoms. The second kappa shape index (κ2) is 7.07. The number of furan rings is 1. The highest BCUT2D eigenvalue weighted by atomic mass is 32.2. The second-order valence-electron chi connectivity index (χ2n) is 7.60. The van der Waals surface area contributed by atoms with Gasteiger partial charge in [0.2, 0.25) is 5.91 Å². The first-order valence-electron chi connectivity index (χ1n) is 9.13. The zero-order chi connectivity index (χ0) is 19.2. The maximum Gasteiger partial charge on any atom is 0.223 e. The van der Waals surface area contributed by atoms with Crippen molar-refractivity contribution < 1.29 is 17.6 Å². The molecular weight excluding hydrogens is 384 g/mol. The third-order valence-corrected chi connectivity index (χ3v) is 8.81. The van der Waals surface area contributed by atoms with Crippen LogP contribution in [0.15, 0.2) is 34.1 Å². The Balaban J connectivity index is 1.37. The minimum atomic E-state index is -3.13. The molecule has 0 N–H and O–H groups in total. The Morgan fingerprint density at radius 2 is 2.11 bits per heavy atom. The van der Waals surface area contributed by atoms with Crippen molar-refractivity contribution in [1.82, 2.24) is 9.80 Å². The number of hydrogen-bond donors (Lipinski definition) is 0. The van der Waals surface area contributed by atoms with Crippen molar-refractivity contribution in [3.63, 3.8) is 0 Å². The molecule has 2 aromatic rings. The Labute approximate surface area is 163 Å². The molecule has 6 nitrogen and oxygen atoms in total. The molecular formula is C19H24N2O4S2. The van der Waals surface area contributed by atoms with Gasteiger partial charge in [-0.05, 0) is 37.7 Å². The normalized spacial score (nSPS) is 26.6. The number of carbonyl (C=O) groups excluding carboxylic acids is 1. The summed E-state index contributed by atoms with van der Waals surface area (Å²) in [6.07, 6.45) is 0.864. The number of carbonyl (C=O) groups is 1. The number of fused-ring (bicyclic) bond motifs is 1. The van der Waals surface area contributed by atoms with Gasteiger partial charge in [-0.3, -0.25) is 4.79 Å². The van der Waals surface area contributed by atoms with Gasteiger partial charge >= 0.3 is 0 Å². The van der Waals surface area contributed by atoms with Crippen LogP contribution in [0.2, 0.25) is 0 Å². The molecule has 4 rings (SSSR count). The van der Waals surface area contributed by atoms with Gasteiger partial charge in [0.05, 0.1) is 15.9 Å². The number of rotatable bonds is 5. The maximum atomic E-state index is 12.7. The van der Waals surface area contributed by atoms with Crippen LogP contribution in [-0.2, 0) is 21.1 Å². The van der Waals surface area contributed by atoms with Crippen molar-refractivity contribution in [1.29, 1.82) is 0 Å². The van der Waals surface area contributed by atoms with Crippen molar-refractivity contribution >= 4 is 27.1 Å². The fourth-order valence-electron chi connectivity index (χ4n) is 4.22. The number of aryl methyl sites for hydroxylation is 1. The minimum absolute atomic E-state index is 0.00349. The van der Waals surface area contributed by atoms with Crippen LogP contribution in [0.1, 0.15) is 12.2 Å². The number of likely N-dealkylation sites (tertiary alicyclic amines) is 1. The highest BCUT2D eigenvalue weighted by Crippen LogP contribution is 2.36. The number of amides is 1. The summed E-state index contributed by atoms with van der Waals surface area (Å²) in [6, 6.07) is 7.82. The summed E-state index contributed by atoms with van der Waals surface area (Å²) >= 11 is 1.62. The smallest absolute Gasteiger partial charge is 0.223 e. The topological polar surface area (TPSA) is 70.8 Å². The van der Waals surface area contributed by atoms with Gasteiger partial charge < -0.3 is 14.2 Å². The van der Waals surface area contributed by atoms with Gasteiger partial charge in [-0.1, -0.05) is 6.07 Å². The largest absolute Gasteiger partial charge is 0.460 e. The van der Waals surface area contributed by atoms with Crippen LogP contribution < -0.4 is 0 Å². The summed E-state index contributed by atoms with van der Waals surface area (Å²) in [7, 11) is 0.697.